The third kappa shape index (κ3) is 7.94. The Morgan fingerprint density at radius 1 is 0.720 bits per heavy atom. The van der Waals surface area contributed by atoms with E-state index in [9.17, 15) is 0 Å². The monoisotopic (exact) mass is 354 g/mol. The van der Waals surface area contributed by atoms with E-state index in [1.165, 1.54) is 25.9 Å². The van der Waals surface area contributed by atoms with E-state index < -0.39 is 0 Å². The Hall–Kier alpha value is -0.160. The molecule has 4 heteroatoms. The maximum Gasteiger partial charge on any atom is 0.0107 e. The summed E-state index contributed by atoms with van der Waals surface area (Å²) < 4.78 is 0. The Bertz CT molecular complexity index is 313. The van der Waals surface area contributed by atoms with E-state index in [4.69, 9.17) is 0 Å². The second-order valence-corrected chi connectivity index (χ2v) is 9.37. The lowest BCUT2D eigenvalue weighted by atomic mass is 9.69. The molecular formula is C21H46N4. The van der Waals surface area contributed by atoms with Crippen LogP contribution in [-0.2, 0) is 0 Å². The smallest absolute Gasteiger partial charge is 0.0107 e. The summed E-state index contributed by atoms with van der Waals surface area (Å²) in [6.07, 6.45) is 2.63. The highest BCUT2D eigenvalue weighted by Gasteiger charge is 2.40. The van der Waals surface area contributed by atoms with Crippen molar-refractivity contribution < 1.29 is 0 Å². The minimum atomic E-state index is 0.280. The second-order valence-electron chi connectivity index (χ2n) is 9.37. The molecule has 25 heavy (non-hydrogen) atoms. The summed E-state index contributed by atoms with van der Waals surface area (Å²) in [5.41, 5.74) is 0.280. The van der Waals surface area contributed by atoms with Crippen molar-refractivity contribution in [3.05, 3.63) is 0 Å². The Morgan fingerprint density at radius 3 is 1.36 bits per heavy atom. The number of likely N-dealkylation sites (tertiary alicyclic amines) is 1. The highest BCUT2D eigenvalue weighted by molar-refractivity contribution is 4.96. The van der Waals surface area contributed by atoms with Crippen molar-refractivity contribution in [3.63, 3.8) is 0 Å². The van der Waals surface area contributed by atoms with E-state index in [0.717, 1.165) is 25.6 Å². The predicted molar refractivity (Wildman–Crippen MR) is 111 cm³/mol. The molecule has 0 aromatic heterocycles. The Kier molecular flexibility index (Phi) is 9.94. The minimum Gasteiger partial charge on any atom is -0.314 e. The molecule has 1 heterocycles. The van der Waals surface area contributed by atoms with Gasteiger partial charge < -0.3 is 20.9 Å². The Labute approximate surface area is 157 Å². The van der Waals surface area contributed by atoms with E-state index in [-0.39, 0.29) is 5.41 Å². The quantitative estimate of drug-likeness (QED) is 0.533. The van der Waals surface area contributed by atoms with Crippen LogP contribution in [0.15, 0.2) is 0 Å². The number of rotatable bonds is 11. The van der Waals surface area contributed by atoms with Crippen LogP contribution in [0.4, 0.5) is 0 Å². The predicted octanol–water partition coefficient (Wildman–Crippen LogP) is 3.09. The fourth-order valence-electron chi connectivity index (χ4n) is 3.87. The van der Waals surface area contributed by atoms with Gasteiger partial charge in [0.1, 0.15) is 0 Å². The van der Waals surface area contributed by atoms with Crippen molar-refractivity contribution in [1.82, 2.24) is 20.9 Å². The molecule has 0 unspecified atom stereocenters. The molecule has 1 rings (SSSR count). The van der Waals surface area contributed by atoms with Gasteiger partial charge in [-0.25, -0.2) is 0 Å². The van der Waals surface area contributed by atoms with Crippen LogP contribution in [-0.4, -0.2) is 61.8 Å². The molecule has 0 aromatic rings. The zero-order chi connectivity index (χ0) is 19.0. The Morgan fingerprint density at radius 2 is 1.08 bits per heavy atom. The lowest BCUT2D eigenvalue weighted by Gasteiger charge is -2.47. The molecule has 0 aromatic carbocycles. The van der Waals surface area contributed by atoms with E-state index in [1.807, 2.05) is 0 Å². The molecule has 1 aliphatic rings. The summed E-state index contributed by atoms with van der Waals surface area (Å²) in [5.74, 6) is 0.770. The minimum absolute atomic E-state index is 0.280. The lowest BCUT2D eigenvalue weighted by Crippen LogP contribution is -2.57. The van der Waals surface area contributed by atoms with Crippen LogP contribution in [0.3, 0.4) is 0 Å². The molecule has 1 fully saturated rings. The second kappa shape index (κ2) is 10.9. The molecule has 1 saturated heterocycles. The van der Waals surface area contributed by atoms with Crippen molar-refractivity contribution >= 4 is 0 Å². The summed E-state index contributed by atoms with van der Waals surface area (Å²) in [4.78, 5) is 2.64. The van der Waals surface area contributed by atoms with Gasteiger partial charge in [-0.2, -0.15) is 0 Å². The van der Waals surface area contributed by atoms with E-state index in [2.05, 4.69) is 76.2 Å². The average molecular weight is 355 g/mol. The number of hydrogen-bond acceptors (Lipinski definition) is 4. The van der Waals surface area contributed by atoms with Crippen LogP contribution in [0, 0.1) is 11.3 Å². The first kappa shape index (κ1) is 22.9. The highest BCUT2D eigenvalue weighted by Crippen LogP contribution is 2.35. The summed E-state index contributed by atoms with van der Waals surface area (Å²) in [7, 11) is 0. The van der Waals surface area contributed by atoms with Gasteiger partial charge in [0.15, 0.2) is 0 Å². The van der Waals surface area contributed by atoms with Crippen molar-refractivity contribution in [2.45, 2.75) is 92.4 Å². The van der Waals surface area contributed by atoms with Crippen LogP contribution in [0.25, 0.3) is 0 Å². The Balaban J connectivity index is 2.91. The van der Waals surface area contributed by atoms with E-state index in [0.29, 0.717) is 24.2 Å². The third-order valence-corrected chi connectivity index (χ3v) is 5.71. The van der Waals surface area contributed by atoms with Crippen molar-refractivity contribution in [3.8, 4) is 0 Å². The maximum atomic E-state index is 3.77. The van der Waals surface area contributed by atoms with Gasteiger partial charge in [0.25, 0.3) is 0 Å². The molecule has 3 N–H and O–H groups in total. The largest absolute Gasteiger partial charge is 0.314 e. The van der Waals surface area contributed by atoms with Gasteiger partial charge in [0.05, 0.1) is 0 Å². The first-order valence-electron chi connectivity index (χ1n) is 10.6. The standard InChI is InChI=1S/C21H46N4/c1-16(2)22-13-21(14-23-17(3)4,15-24-18(5)6)20-9-11-25(12-10-20)19(7)8/h16-20,22-24H,9-15H2,1-8H3. The van der Waals surface area contributed by atoms with Crippen molar-refractivity contribution in [1.29, 1.82) is 0 Å². The van der Waals surface area contributed by atoms with Crippen molar-refractivity contribution in [2.75, 3.05) is 32.7 Å². The van der Waals surface area contributed by atoms with Crippen LogP contribution >= 0.6 is 0 Å². The molecule has 0 amide bonds. The fourth-order valence-corrected chi connectivity index (χ4v) is 3.87. The molecule has 0 saturated carbocycles. The number of piperidine rings is 1. The SMILES string of the molecule is CC(C)NCC(CNC(C)C)(CNC(C)C)C1CCN(C(C)C)CC1. The van der Waals surface area contributed by atoms with Gasteiger partial charge in [-0.1, -0.05) is 41.5 Å². The summed E-state index contributed by atoms with van der Waals surface area (Å²) in [6, 6.07) is 2.28. The highest BCUT2D eigenvalue weighted by atomic mass is 15.2. The molecular weight excluding hydrogens is 308 g/mol. The van der Waals surface area contributed by atoms with Gasteiger partial charge in [-0.3, -0.25) is 0 Å². The van der Waals surface area contributed by atoms with Gasteiger partial charge in [-0.15, -0.1) is 0 Å². The third-order valence-electron chi connectivity index (χ3n) is 5.71. The summed E-state index contributed by atoms with van der Waals surface area (Å²) >= 11 is 0. The first-order chi connectivity index (χ1) is 11.7. The molecule has 4 nitrogen and oxygen atoms in total. The van der Waals surface area contributed by atoms with Gasteiger partial charge in [0.2, 0.25) is 0 Å². The number of nitrogens with one attached hydrogen (secondary N) is 3. The molecule has 0 bridgehead atoms. The number of hydrogen-bond donors (Lipinski definition) is 3. The van der Waals surface area contributed by atoms with E-state index in [1.54, 1.807) is 0 Å². The van der Waals surface area contributed by atoms with E-state index >= 15 is 0 Å². The van der Waals surface area contributed by atoms with Crippen molar-refractivity contribution in [2.24, 2.45) is 11.3 Å². The average Bonchev–Trinajstić information content (AvgIpc) is 2.54. The molecule has 0 radical (unpaired) electrons. The van der Waals surface area contributed by atoms with Gasteiger partial charge >= 0.3 is 0 Å². The van der Waals surface area contributed by atoms with Crippen LogP contribution in [0.5, 0.6) is 0 Å². The van der Waals surface area contributed by atoms with Crippen LogP contribution < -0.4 is 16.0 Å². The van der Waals surface area contributed by atoms with Crippen LogP contribution in [0.1, 0.15) is 68.2 Å². The lowest BCUT2D eigenvalue weighted by molar-refractivity contribution is 0.0552. The summed E-state index contributed by atoms with van der Waals surface area (Å²) in [5, 5.41) is 11.3. The topological polar surface area (TPSA) is 39.3 Å². The molecule has 0 atom stereocenters. The van der Waals surface area contributed by atoms with Gasteiger partial charge in [0, 0.05) is 49.2 Å². The summed E-state index contributed by atoms with van der Waals surface area (Å²) in [6.45, 7) is 24.0. The molecule has 150 valence electrons. The number of nitrogens with zero attached hydrogens (tertiary/aromatic N) is 1. The fraction of sp³-hybridized carbons (Fsp3) is 1.00. The van der Waals surface area contributed by atoms with Crippen LogP contribution in [0.2, 0.25) is 0 Å². The molecule has 1 aliphatic heterocycles. The normalized spacial score (nSPS) is 18.2. The molecule has 0 aliphatic carbocycles. The molecule has 0 spiro atoms. The zero-order valence-corrected chi connectivity index (χ0v) is 18.3. The maximum absolute atomic E-state index is 3.77. The first-order valence-corrected chi connectivity index (χ1v) is 10.6. The van der Waals surface area contributed by atoms with Gasteiger partial charge in [-0.05, 0) is 45.7 Å². The zero-order valence-electron chi connectivity index (χ0n) is 18.3.